The highest BCUT2D eigenvalue weighted by Gasteiger charge is 1.95. The molecule has 0 aliphatic carbocycles. The van der Waals surface area contributed by atoms with Gasteiger partial charge in [0.25, 0.3) is 0 Å². The monoisotopic (exact) mass is 436 g/mol. The highest BCUT2D eigenvalue weighted by molar-refractivity contribution is 7.30. The molecule has 0 heterocycles. The van der Waals surface area contributed by atoms with Crippen LogP contribution in [0.1, 0.15) is 142 Å². The first kappa shape index (κ1) is 31.3. The van der Waals surface area contributed by atoms with E-state index in [1.54, 1.807) is 0 Å². The third kappa shape index (κ3) is 39.2. The molecule has 0 amide bonds. The second kappa shape index (κ2) is 30.3. The molecule has 0 aliphatic rings. The van der Waals surface area contributed by atoms with Gasteiger partial charge in [-0.1, -0.05) is 129 Å². The van der Waals surface area contributed by atoms with E-state index in [0.717, 1.165) is 13.2 Å². The second-order valence-electron chi connectivity index (χ2n) is 8.26. The summed E-state index contributed by atoms with van der Waals surface area (Å²) in [5.41, 5.74) is 0. The fourth-order valence-corrected chi connectivity index (χ4v) is 3.49. The SMILES string of the molecule is CCCCCCCCCCCCOCCCCCCCCCCCC.O=[PH](O)O. The Labute approximate surface area is 183 Å². The van der Waals surface area contributed by atoms with Crippen LogP contribution in [0.5, 0.6) is 0 Å². The predicted octanol–water partition coefficient (Wildman–Crippen LogP) is 8.21. The molecule has 0 saturated carbocycles. The van der Waals surface area contributed by atoms with Gasteiger partial charge in [-0.2, -0.15) is 0 Å². The zero-order valence-electron chi connectivity index (χ0n) is 19.8. The summed E-state index contributed by atoms with van der Waals surface area (Å²) in [7, 11) is -3.13. The topological polar surface area (TPSA) is 66.8 Å². The molecule has 0 aliphatic heterocycles. The first-order valence-electron chi connectivity index (χ1n) is 12.6. The van der Waals surface area contributed by atoms with Gasteiger partial charge in [-0.05, 0) is 12.8 Å². The van der Waals surface area contributed by atoms with Crippen LogP contribution in [0.25, 0.3) is 0 Å². The summed E-state index contributed by atoms with van der Waals surface area (Å²) in [6.45, 7) is 6.57. The smallest absolute Gasteiger partial charge is 0.314 e. The molecule has 4 nitrogen and oxygen atoms in total. The Morgan fingerprint density at radius 3 is 0.931 bits per heavy atom. The molecule has 0 bridgehead atoms. The van der Waals surface area contributed by atoms with Crippen LogP contribution in [0.15, 0.2) is 0 Å². The molecule has 0 unspecified atom stereocenters. The minimum absolute atomic E-state index is 0.994. The summed E-state index contributed by atoms with van der Waals surface area (Å²) >= 11 is 0. The third-order valence-electron chi connectivity index (χ3n) is 5.28. The summed E-state index contributed by atoms with van der Waals surface area (Å²) in [6, 6.07) is 0. The van der Waals surface area contributed by atoms with Gasteiger partial charge < -0.3 is 14.5 Å². The van der Waals surface area contributed by atoms with Crippen LogP contribution in [-0.4, -0.2) is 23.0 Å². The predicted molar refractivity (Wildman–Crippen MR) is 128 cm³/mol. The molecule has 2 N–H and O–H groups in total. The van der Waals surface area contributed by atoms with E-state index < -0.39 is 8.25 Å². The molecule has 0 aromatic carbocycles. The first-order chi connectivity index (χ1) is 14.1. The van der Waals surface area contributed by atoms with Crippen molar-refractivity contribution in [3.8, 4) is 0 Å². The zero-order valence-corrected chi connectivity index (χ0v) is 20.8. The molecular weight excluding hydrogens is 383 g/mol. The Kier molecular flexibility index (Phi) is 32.7. The van der Waals surface area contributed by atoms with E-state index in [4.69, 9.17) is 19.1 Å². The van der Waals surface area contributed by atoms with Gasteiger partial charge in [-0.3, -0.25) is 4.57 Å². The zero-order chi connectivity index (χ0) is 21.8. The molecular formula is C24H53O4P. The van der Waals surface area contributed by atoms with Gasteiger partial charge in [0, 0.05) is 13.2 Å². The van der Waals surface area contributed by atoms with E-state index in [1.165, 1.54) is 128 Å². The summed E-state index contributed by atoms with van der Waals surface area (Å²) in [5, 5.41) is 0. The summed E-state index contributed by atoms with van der Waals surface area (Å²) in [4.78, 5) is 14.3. The Hall–Kier alpha value is 0.110. The maximum Gasteiger partial charge on any atom is 0.314 e. The van der Waals surface area contributed by atoms with Crippen molar-refractivity contribution in [1.82, 2.24) is 0 Å². The Balaban J connectivity index is 0. The van der Waals surface area contributed by atoms with Gasteiger partial charge in [-0.25, -0.2) is 0 Å². The molecule has 178 valence electrons. The molecule has 0 radical (unpaired) electrons. The van der Waals surface area contributed by atoms with Crippen molar-refractivity contribution in [2.24, 2.45) is 0 Å². The highest BCUT2D eigenvalue weighted by atomic mass is 31.1. The van der Waals surface area contributed by atoms with Gasteiger partial charge >= 0.3 is 8.25 Å². The largest absolute Gasteiger partial charge is 0.381 e. The average Bonchev–Trinajstić information content (AvgIpc) is 2.69. The Morgan fingerprint density at radius 1 is 0.483 bits per heavy atom. The number of unbranched alkanes of at least 4 members (excludes halogenated alkanes) is 18. The fourth-order valence-electron chi connectivity index (χ4n) is 3.49. The quantitative estimate of drug-likeness (QED) is 0.132. The molecule has 0 spiro atoms. The molecule has 0 rings (SSSR count). The number of ether oxygens (including phenoxy) is 1. The van der Waals surface area contributed by atoms with E-state index in [-0.39, 0.29) is 0 Å². The molecule has 29 heavy (non-hydrogen) atoms. The number of hydrogen-bond donors (Lipinski definition) is 2. The molecule has 0 saturated heterocycles. The summed E-state index contributed by atoms with van der Waals surface area (Å²) in [6.07, 6.45) is 28.2. The molecule has 0 atom stereocenters. The van der Waals surface area contributed by atoms with Crippen molar-refractivity contribution in [2.45, 2.75) is 142 Å². The maximum atomic E-state index is 8.74. The van der Waals surface area contributed by atoms with Crippen LogP contribution in [0.3, 0.4) is 0 Å². The van der Waals surface area contributed by atoms with Gasteiger partial charge in [0.2, 0.25) is 0 Å². The maximum absolute atomic E-state index is 8.74. The second-order valence-corrected chi connectivity index (χ2v) is 8.82. The van der Waals surface area contributed by atoms with E-state index in [9.17, 15) is 0 Å². The lowest BCUT2D eigenvalue weighted by Gasteiger charge is -2.05. The van der Waals surface area contributed by atoms with Crippen LogP contribution >= 0.6 is 8.25 Å². The Morgan fingerprint density at radius 2 is 0.690 bits per heavy atom. The number of rotatable bonds is 22. The van der Waals surface area contributed by atoms with Crippen LogP contribution in [0, 0.1) is 0 Å². The normalized spacial score (nSPS) is 10.9. The van der Waals surface area contributed by atoms with E-state index in [0.29, 0.717) is 0 Å². The van der Waals surface area contributed by atoms with Crippen molar-refractivity contribution in [3.05, 3.63) is 0 Å². The van der Waals surface area contributed by atoms with E-state index in [1.807, 2.05) is 0 Å². The number of hydrogen-bond acceptors (Lipinski definition) is 2. The van der Waals surface area contributed by atoms with Gasteiger partial charge in [0.1, 0.15) is 0 Å². The third-order valence-corrected chi connectivity index (χ3v) is 5.28. The van der Waals surface area contributed by atoms with Crippen molar-refractivity contribution < 1.29 is 19.1 Å². The lowest BCUT2D eigenvalue weighted by molar-refractivity contribution is 0.125. The van der Waals surface area contributed by atoms with Crippen LogP contribution < -0.4 is 0 Å². The van der Waals surface area contributed by atoms with Crippen LogP contribution in [-0.2, 0) is 9.30 Å². The van der Waals surface area contributed by atoms with E-state index in [2.05, 4.69) is 13.8 Å². The van der Waals surface area contributed by atoms with E-state index >= 15 is 0 Å². The standard InChI is InChI=1S/C24H50O.H3O3P/c1-3-5-7-9-11-13-15-17-19-21-23-25-24-22-20-18-16-14-12-10-8-6-4-2;1-4(2)3/h3-24H2,1-2H3;4H,(H2,1,2,3). The lowest BCUT2D eigenvalue weighted by Crippen LogP contribution is -1.97. The van der Waals surface area contributed by atoms with Crippen molar-refractivity contribution in [2.75, 3.05) is 13.2 Å². The van der Waals surface area contributed by atoms with Crippen LogP contribution in [0.4, 0.5) is 0 Å². The fraction of sp³-hybridized carbons (Fsp3) is 1.00. The van der Waals surface area contributed by atoms with Crippen molar-refractivity contribution in [3.63, 3.8) is 0 Å². The Bertz CT molecular complexity index is 275. The van der Waals surface area contributed by atoms with Crippen LogP contribution in [0.2, 0.25) is 0 Å². The van der Waals surface area contributed by atoms with Gasteiger partial charge in [0.15, 0.2) is 0 Å². The van der Waals surface area contributed by atoms with Gasteiger partial charge in [-0.15, -0.1) is 0 Å². The summed E-state index contributed by atoms with van der Waals surface area (Å²) < 4.78 is 14.5. The minimum atomic E-state index is -3.13. The van der Waals surface area contributed by atoms with Gasteiger partial charge in [0.05, 0.1) is 0 Å². The average molecular weight is 437 g/mol. The highest BCUT2D eigenvalue weighted by Crippen LogP contribution is 2.12. The molecule has 0 aromatic rings. The molecule has 5 heteroatoms. The first-order valence-corrected chi connectivity index (χ1v) is 13.9. The summed E-state index contributed by atoms with van der Waals surface area (Å²) in [5.74, 6) is 0. The van der Waals surface area contributed by atoms with Crippen molar-refractivity contribution >= 4 is 8.25 Å². The van der Waals surface area contributed by atoms with Crippen molar-refractivity contribution in [1.29, 1.82) is 0 Å². The molecule has 0 aromatic heterocycles. The lowest BCUT2D eigenvalue weighted by atomic mass is 10.1. The minimum Gasteiger partial charge on any atom is -0.381 e. The molecule has 0 fully saturated rings.